The maximum atomic E-state index is 13.1. The van der Waals surface area contributed by atoms with E-state index in [-0.39, 0.29) is 11.6 Å². The van der Waals surface area contributed by atoms with Gasteiger partial charge in [-0.3, -0.25) is 4.79 Å². The maximum Gasteiger partial charge on any atom is 0.253 e. The molecular weight excluding hydrogens is 263 g/mol. The Morgan fingerprint density at radius 1 is 1.25 bits per heavy atom. The summed E-state index contributed by atoms with van der Waals surface area (Å²) in [7, 11) is 0. The van der Waals surface area contributed by atoms with Crippen molar-refractivity contribution in [2.45, 2.75) is 18.6 Å². The first-order chi connectivity index (χ1) is 9.60. The van der Waals surface area contributed by atoms with Crippen LogP contribution in [0.15, 0.2) is 18.2 Å². The van der Waals surface area contributed by atoms with E-state index in [1.54, 1.807) is 4.90 Å². The second-order valence-corrected chi connectivity index (χ2v) is 5.14. The van der Waals surface area contributed by atoms with E-state index < -0.39 is 11.6 Å². The van der Waals surface area contributed by atoms with Crippen LogP contribution in [0.2, 0.25) is 0 Å². The average Bonchev–Trinajstić information content (AvgIpc) is 2.90. The van der Waals surface area contributed by atoms with Crippen LogP contribution in [0.4, 0.5) is 10.1 Å². The van der Waals surface area contributed by atoms with Crippen LogP contribution in [0.1, 0.15) is 23.2 Å². The van der Waals surface area contributed by atoms with E-state index >= 15 is 0 Å². The second-order valence-electron chi connectivity index (χ2n) is 5.14. The smallest absolute Gasteiger partial charge is 0.253 e. The summed E-state index contributed by atoms with van der Waals surface area (Å²) in [5.74, 6) is -1.14. The van der Waals surface area contributed by atoms with Crippen molar-refractivity contribution >= 4 is 11.6 Å². The average molecular weight is 280 g/mol. The topological polar surface area (TPSA) is 64.8 Å². The van der Waals surface area contributed by atoms with E-state index in [1.165, 1.54) is 18.2 Å². The highest BCUT2D eigenvalue weighted by atomic mass is 19.1. The zero-order chi connectivity index (χ0) is 14.2. The van der Waals surface area contributed by atoms with E-state index in [1.807, 2.05) is 0 Å². The first-order valence-corrected chi connectivity index (χ1v) is 6.72. The molecule has 0 saturated carbocycles. The molecule has 0 aromatic heterocycles. The zero-order valence-electron chi connectivity index (χ0n) is 11.1. The third-order valence-electron chi connectivity index (χ3n) is 3.87. The van der Waals surface area contributed by atoms with Crippen molar-refractivity contribution < 1.29 is 18.7 Å². The monoisotopic (exact) mass is 280 g/mol. The number of carbonyl (C=O) groups excluding carboxylic acids is 1. The first-order valence-electron chi connectivity index (χ1n) is 6.72. The molecule has 2 N–H and O–H groups in total. The van der Waals surface area contributed by atoms with Crippen LogP contribution in [0.25, 0.3) is 0 Å². The molecule has 2 fully saturated rings. The number of amides is 1. The van der Waals surface area contributed by atoms with E-state index in [9.17, 15) is 9.18 Å². The Bertz CT molecular complexity index is 519. The van der Waals surface area contributed by atoms with Crippen LogP contribution in [0.5, 0.6) is 0 Å². The van der Waals surface area contributed by atoms with Crippen LogP contribution in [-0.2, 0) is 9.47 Å². The Hall–Kier alpha value is -1.66. The van der Waals surface area contributed by atoms with Gasteiger partial charge in [0.15, 0.2) is 5.79 Å². The van der Waals surface area contributed by atoms with Crippen LogP contribution in [-0.4, -0.2) is 42.9 Å². The number of hydrogen-bond donors (Lipinski definition) is 1. The van der Waals surface area contributed by atoms with Gasteiger partial charge in [0.2, 0.25) is 0 Å². The molecule has 3 rings (SSSR count). The number of hydrogen-bond acceptors (Lipinski definition) is 4. The Morgan fingerprint density at radius 3 is 2.50 bits per heavy atom. The zero-order valence-corrected chi connectivity index (χ0v) is 11.1. The molecule has 0 bridgehead atoms. The number of rotatable bonds is 1. The predicted octanol–water partition coefficient (Wildman–Crippen LogP) is 1.39. The predicted molar refractivity (Wildman–Crippen MR) is 70.6 cm³/mol. The number of nitrogens with two attached hydrogens (primary N) is 1. The molecule has 5 nitrogen and oxygen atoms in total. The van der Waals surface area contributed by atoms with Gasteiger partial charge in [0.25, 0.3) is 5.91 Å². The van der Waals surface area contributed by atoms with Crippen molar-refractivity contribution in [3.63, 3.8) is 0 Å². The molecule has 2 heterocycles. The van der Waals surface area contributed by atoms with Gasteiger partial charge in [-0.05, 0) is 18.2 Å². The third kappa shape index (κ3) is 2.36. The molecule has 1 aromatic rings. The number of nitrogens with zero attached hydrogens (tertiary/aromatic N) is 1. The first kappa shape index (κ1) is 13.3. The number of ether oxygens (including phenoxy) is 2. The maximum absolute atomic E-state index is 13.1. The minimum Gasteiger partial charge on any atom is -0.396 e. The Labute approximate surface area is 116 Å². The molecule has 0 atom stereocenters. The van der Waals surface area contributed by atoms with Crippen molar-refractivity contribution in [3.8, 4) is 0 Å². The number of carbonyl (C=O) groups is 1. The van der Waals surface area contributed by atoms with E-state index in [4.69, 9.17) is 15.2 Å². The van der Waals surface area contributed by atoms with E-state index in [0.717, 1.165) is 0 Å². The highest BCUT2D eigenvalue weighted by molar-refractivity contribution is 5.95. The van der Waals surface area contributed by atoms with Gasteiger partial charge in [0, 0.05) is 31.5 Å². The molecule has 0 radical (unpaired) electrons. The van der Waals surface area contributed by atoms with Crippen molar-refractivity contribution in [2.24, 2.45) is 0 Å². The lowest BCUT2D eigenvalue weighted by Crippen LogP contribution is -2.47. The van der Waals surface area contributed by atoms with E-state index in [2.05, 4.69) is 0 Å². The lowest BCUT2D eigenvalue weighted by molar-refractivity contribution is -0.181. The summed E-state index contributed by atoms with van der Waals surface area (Å²) in [5.41, 5.74) is 5.90. The molecule has 1 spiro atoms. The summed E-state index contributed by atoms with van der Waals surface area (Å²) in [5, 5.41) is 0. The number of benzene rings is 1. The summed E-state index contributed by atoms with van der Waals surface area (Å²) in [6.45, 7) is 2.36. The lowest BCUT2D eigenvalue weighted by atomic mass is 10.0. The fourth-order valence-electron chi connectivity index (χ4n) is 2.70. The summed E-state index contributed by atoms with van der Waals surface area (Å²) >= 11 is 0. The van der Waals surface area contributed by atoms with Gasteiger partial charge < -0.3 is 20.1 Å². The number of nitrogen functional groups attached to an aromatic ring is 1. The van der Waals surface area contributed by atoms with Crippen molar-refractivity contribution in [3.05, 3.63) is 29.6 Å². The summed E-state index contributed by atoms with van der Waals surface area (Å²) in [6, 6.07) is 4.06. The molecule has 0 aliphatic carbocycles. The van der Waals surface area contributed by atoms with Gasteiger partial charge >= 0.3 is 0 Å². The largest absolute Gasteiger partial charge is 0.396 e. The van der Waals surface area contributed by atoms with Crippen molar-refractivity contribution in [1.29, 1.82) is 0 Å². The van der Waals surface area contributed by atoms with Crippen LogP contribution >= 0.6 is 0 Å². The van der Waals surface area contributed by atoms with Gasteiger partial charge in [0.1, 0.15) is 5.82 Å². The van der Waals surface area contributed by atoms with Crippen molar-refractivity contribution in [1.82, 2.24) is 4.90 Å². The normalized spacial score (nSPS) is 21.4. The standard InChI is InChI=1S/C14H17FN2O3/c15-11-2-1-10(9-12(11)16)13(18)17-5-3-14(4-6-17)19-7-8-20-14/h1-2,9H,3-8,16H2. The second kappa shape index (κ2) is 5.03. The Kier molecular flexibility index (Phi) is 3.35. The SMILES string of the molecule is Nc1cc(C(=O)N2CCC3(CC2)OCCO3)ccc1F. The molecule has 2 saturated heterocycles. The fourth-order valence-corrected chi connectivity index (χ4v) is 2.70. The van der Waals surface area contributed by atoms with Crippen LogP contribution in [0.3, 0.4) is 0 Å². The number of piperidine rings is 1. The highest BCUT2D eigenvalue weighted by Gasteiger charge is 2.40. The van der Waals surface area contributed by atoms with Crippen molar-refractivity contribution in [2.75, 3.05) is 32.0 Å². The Morgan fingerprint density at radius 2 is 1.90 bits per heavy atom. The molecule has 2 aliphatic heterocycles. The molecule has 1 amide bonds. The summed E-state index contributed by atoms with van der Waals surface area (Å²) in [6.07, 6.45) is 1.32. The number of halogens is 1. The van der Waals surface area contributed by atoms with Crippen LogP contribution in [0, 0.1) is 5.82 Å². The summed E-state index contributed by atoms with van der Waals surface area (Å²) < 4.78 is 24.4. The molecule has 108 valence electrons. The quantitative estimate of drug-likeness (QED) is 0.789. The van der Waals surface area contributed by atoms with Gasteiger partial charge in [-0.2, -0.15) is 0 Å². The molecule has 1 aromatic carbocycles. The van der Waals surface area contributed by atoms with Gasteiger partial charge in [-0.1, -0.05) is 0 Å². The minimum absolute atomic E-state index is 0.00760. The van der Waals surface area contributed by atoms with Gasteiger partial charge in [-0.15, -0.1) is 0 Å². The summed E-state index contributed by atoms with van der Waals surface area (Å²) in [4.78, 5) is 14.1. The molecule has 20 heavy (non-hydrogen) atoms. The fraction of sp³-hybridized carbons (Fsp3) is 0.500. The minimum atomic E-state index is -0.507. The lowest BCUT2D eigenvalue weighted by Gasteiger charge is -2.37. The molecular formula is C14H17FN2O3. The molecule has 0 unspecified atom stereocenters. The van der Waals surface area contributed by atoms with Gasteiger partial charge in [-0.25, -0.2) is 4.39 Å². The number of likely N-dealkylation sites (tertiary alicyclic amines) is 1. The molecule has 6 heteroatoms. The van der Waals surface area contributed by atoms with Gasteiger partial charge in [0.05, 0.1) is 18.9 Å². The van der Waals surface area contributed by atoms with Crippen LogP contribution < -0.4 is 5.73 Å². The third-order valence-corrected chi connectivity index (χ3v) is 3.87. The van der Waals surface area contributed by atoms with E-state index in [0.29, 0.717) is 44.7 Å². The highest BCUT2D eigenvalue weighted by Crippen LogP contribution is 2.31. The molecule has 2 aliphatic rings. The Balaban J connectivity index is 1.68. The number of anilines is 1.